The molecule has 1 aliphatic carbocycles. The van der Waals surface area contributed by atoms with Gasteiger partial charge in [-0.25, -0.2) is 0 Å². The Morgan fingerprint density at radius 3 is 2.84 bits per heavy atom. The van der Waals surface area contributed by atoms with Crippen LogP contribution in [0, 0.1) is 11.8 Å². The molecule has 0 amide bonds. The zero-order chi connectivity index (χ0) is 13.7. The molecule has 0 bridgehead atoms. The Morgan fingerprint density at radius 1 is 1.32 bits per heavy atom. The average Bonchev–Trinajstić information content (AvgIpc) is 2.90. The summed E-state index contributed by atoms with van der Waals surface area (Å²) in [6.45, 7) is 7.04. The fourth-order valence-electron chi connectivity index (χ4n) is 3.28. The van der Waals surface area contributed by atoms with Crippen LogP contribution in [-0.4, -0.2) is 12.1 Å². The Bertz CT molecular complexity index is 344. The highest BCUT2D eigenvalue weighted by atomic mass is 16.3. The molecule has 3 atom stereocenters. The molecule has 0 aromatic carbocycles. The number of furan rings is 1. The SMILES string of the molecule is CC(CCc1ccco1)NC1CCCC(C(C)C)C1. The van der Waals surface area contributed by atoms with Crippen LogP contribution < -0.4 is 5.32 Å². The van der Waals surface area contributed by atoms with Gasteiger partial charge in [0.15, 0.2) is 0 Å². The van der Waals surface area contributed by atoms with Gasteiger partial charge in [-0.05, 0) is 50.2 Å². The van der Waals surface area contributed by atoms with Crippen LogP contribution in [0.25, 0.3) is 0 Å². The van der Waals surface area contributed by atoms with Crippen molar-refractivity contribution in [1.29, 1.82) is 0 Å². The Labute approximate surface area is 118 Å². The van der Waals surface area contributed by atoms with Gasteiger partial charge in [0.05, 0.1) is 6.26 Å². The Kier molecular flexibility index (Phi) is 5.50. The van der Waals surface area contributed by atoms with E-state index in [1.54, 1.807) is 6.26 Å². The van der Waals surface area contributed by atoms with Crippen LogP contribution in [0.1, 0.15) is 58.6 Å². The second kappa shape index (κ2) is 7.14. The maximum atomic E-state index is 5.39. The maximum Gasteiger partial charge on any atom is 0.103 e. The normalized spacial score (nSPS) is 25.7. The summed E-state index contributed by atoms with van der Waals surface area (Å²) in [4.78, 5) is 0. The third-order valence-corrected chi connectivity index (χ3v) is 4.58. The van der Waals surface area contributed by atoms with Crippen molar-refractivity contribution in [3.63, 3.8) is 0 Å². The minimum atomic E-state index is 0.584. The van der Waals surface area contributed by atoms with Gasteiger partial charge in [0.1, 0.15) is 5.76 Å². The molecule has 108 valence electrons. The van der Waals surface area contributed by atoms with Crippen molar-refractivity contribution in [3.8, 4) is 0 Å². The van der Waals surface area contributed by atoms with Gasteiger partial charge in [0.2, 0.25) is 0 Å². The summed E-state index contributed by atoms with van der Waals surface area (Å²) in [5.74, 6) is 2.86. The molecule has 2 nitrogen and oxygen atoms in total. The topological polar surface area (TPSA) is 25.2 Å². The van der Waals surface area contributed by atoms with Gasteiger partial charge in [-0.1, -0.05) is 26.7 Å². The molecule has 1 heterocycles. The summed E-state index contributed by atoms with van der Waals surface area (Å²) in [6.07, 6.45) is 9.51. The van der Waals surface area contributed by atoms with Crippen LogP contribution in [0.5, 0.6) is 0 Å². The lowest BCUT2D eigenvalue weighted by Gasteiger charge is -2.34. The molecular weight excluding hydrogens is 234 g/mol. The van der Waals surface area contributed by atoms with Crippen LogP contribution in [0.2, 0.25) is 0 Å². The molecule has 0 aliphatic heterocycles. The summed E-state index contributed by atoms with van der Waals surface area (Å²) < 4.78 is 5.39. The van der Waals surface area contributed by atoms with Crippen LogP contribution >= 0.6 is 0 Å². The lowest BCUT2D eigenvalue weighted by atomic mass is 9.79. The van der Waals surface area contributed by atoms with E-state index in [0.29, 0.717) is 6.04 Å². The maximum absolute atomic E-state index is 5.39. The van der Waals surface area contributed by atoms with E-state index in [4.69, 9.17) is 4.42 Å². The monoisotopic (exact) mass is 263 g/mol. The summed E-state index contributed by atoms with van der Waals surface area (Å²) >= 11 is 0. The molecule has 0 saturated heterocycles. The van der Waals surface area contributed by atoms with E-state index in [2.05, 4.69) is 32.2 Å². The van der Waals surface area contributed by atoms with Crippen LogP contribution in [0.3, 0.4) is 0 Å². The average molecular weight is 263 g/mol. The van der Waals surface area contributed by atoms with Crippen molar-refractivity contribution < 1.29 is 4.42 Å². The number of nitrogens with one attached hydrogen (secondary N) is 1. The molecular formula is C17H29NO. The predicted molar refractivity (Wildman–Crippen MR) is 80.2 cm³/mol. The van der Waals surface area contributed by atoms with E-state index in [0.717, 1.165) is 36.5 Å². The van der Waals surface area contributed by atoms with Gasteiger partial charge < -0.3 is 9.73 Å². The number of rotatable bonds is 6. The van der Waals surface area contributed by atoms with Crippen molar-refractivity contribution >= 4 is 0 Å². The van der Waals surface area contributed by atoms with Gasteiger partial charge in [-0.3, -0.25) is 0 Å². The van der Waals surface area contributed by atoms with Gasteiger partial charge in [-0.15, -0.1) is 0 Å². The van der Waals surface area contributed by atoms with Crippen molar-refractivity contribution in [2.45, 2.75) is 71.4 Å². The Balaban J connectivity index is 1.70. The largest absolute Gasteiger partial charge is 0.469 e. The lowest BCUT2D eigenvalue weighted by Crippen LogP contribution is -2.40. The molecule has 1 aliphatic rings. The van der Waals surface area contributed by atoms with E-state index >= 15 is 0 Å². The van der Waals surface area contributed by atoms with Crippen LogP contribution in [-0.2, 0) is 6.42 Å². The molecule has 1 aromatic heterocycles. The van der Waals surface area contributed by atoms with E-state index < -0.39 is 0 Å². The zero-order valence-corrected chi connectivity index (χ0v) is 12.7. The van der Waals surface area contributed by atoms with E-state index in [1.165, 1.54) is 25.7 Å². The van der Waals surface area contributed by atoms with E-state index in [1.807, 2.05) is 6.07 Å². The minimum Gasteiger partial charge on any atom is -0.469 e. The molecule has 19 heavy (non-hydrogen) atoms. The molecule has 1 fully saturated rings. The van der Waals surface area contributed by atoms with Crippen molar-refractivity contribution in [3.05, 3.63) is 24.2 Å². The van der Waals surface area contributed by atoms with Crippen molar-refractivity contribution in [1.82, 2.24) is 5.32 Å². The minimum absolute atomic E-state index is 0.584. The summed E-state index contributed by atoms with van der Waals surface area (Å²) in [5, 5.41) is 3.82. The number of hydrogen-bond donors (Lipinski definition) is 1. The summed E-state index contributed by atoms with van der Waals surface area (Å²) in [6, 6.07) is 5.36. The van der Waals surface area contributed by atoms with E-state index in [9.17, 15) is 0 Å². The van der Waals surface area contributed by atoms with E-state index in [-0.39, 0.29) is 0 Å². The molecule has 1 saturated carbocycles. The summed E-state index contributed by atoms with van der Waals surface area (Å²) in [7, 11) is 0. The van der Waals surface area contributed by atoms with Crippen molar-refractivity contribution in [2.24, 2.45) is 11.8 Å². The highest BCUT2D eigenvalue weighted by Crippen LogP contribution is 2.30. The molecule has 2 rings (SSSR count). The zero-order valence-electron chi connectivity index (χ0n) is 12.7. The first kappa shape index (κ1) is 14.6. The van der Waals surface area contributed by atoms with Crippen LogP contribution in [0.15, 0.2) is 22.8 Å². The predicted octanol–water partition coefficient (Wildman–Crippen LogP) is 4.41. The van der Waals surface area contributed by atoms with Crippen LogP contribution in [0.4, 0.5) is 0 Å². The molecule has 2 heteroatoms. The third-order valence-electron chi connectivity index (χ3n) is 4.58. The highest BCUT2D eigenvalue weighted by molar-refractivity contribution is 4.98. The smallest absolute Gasteiger partial charge is 0.103 e. The second-order valence-electron chi connectivity index (χ2n) is 6.55. The molecule has 0 spiro atoms. The molecule has 3 unspecified atom stereocenters. The molecule has 1 N–H and O–H groups in total. The van der Waals surface area contributed by atoms with Gasteiger partial charge in [0, 0.05) is 18.5 Å². The summed E-state index contributed by atoms with van der Waals surface area (Å²) in [5.41, 5.74) is 0. The third kappa shape index (κ3) is 4.68. The standard InChI is InChI=1S/C17H29NO/c1-13(2)15-6-4-7-16(12-15)18-14(3)9-10-17-8-5-11-19-17/h5,8,11,13-16,18H,4,6-7,9-10,12H2,1-3H3. The van der Waals surface area contributed by atoms with Gasteiger partial charge >= 0.3 is 0 Å². The highest BCUT2D eigenvalue weighted by Gasteiger charge is 2.24. The molecule has 1 aromatic rings. The first-order valence-corrected chi connectivity index (χ1v) is 7.93. The Hall–Kier alpha value is -0.760. The number of hydrogen-bond acceptors (Lipinski definition) is 2. The quantitative estimate of drug-likeness (QED) is 0.822. The fourth-order valence-corrected chi connectivity index (χ4v) is 3.28. The molecule has 0 radical (unpaired) electrons. The fraction of sp³-hybridized carbons (Fsp3) is 0.765. The number of aryl methyl sites for hydroxylation is 1. The second-order valence-corrected chi connectivity index (χ2v) is 6.55. The first-order valence-electron chi connectivity index (χ1n) is 7.93. The van der Waals surface area contributed by atoms with Crippen molar-refractivity contribution in [2.75, 3.05) is 0 Å². The first-order chi connectivity index (χ1) is 9.15. The van der Waals surface area contributed by atoms with Gasteiger partial charge in [-0.2, -0.15) is 0 Å². The van der Waals surface area contributed by atoms with Gasteiger partial charge in [0.25, 0.3) is 0 Å². The Morgan fingerprint density at radius 2 is 2.16 bits per heavy atom. The lowest BCUT2D eigenvalue weighted by molar-refractivity contribution is 0.220.